The van der Waals surface area contributed by atoms with E-state index in [2.05, 4.69) is 0 Å². The van der Waals surface area contributed by atoms with Crippen molar-refractivity contribution in [1.82, 2.24) is 9.55 Å². The Morgan fingerprint density at radius 2 is 1.77 bits per heavy atom. The van der Waals surface area contributed by atoms with Crippen molar-refractivity contribution in [2.75, 3.05) is 25.7 Å². The van der Waals surface area contributed by atoms with Crippen LogP contribution < -0.4 is 19.9 Å². The van der Waals surface area contributed by atoms with E-state index in [9.17, 15) is 9.59 Å². The molecular weight excluding hydrogens is 462 g/mol. The molecule has 0 N–H and O–H groups in total. The van der Waals surface area contributed by atoms with E-state index in [1.165, 1.54) is 11.8 Å². The van der Waals surface area contributed by atoms with Crippen molar-refractivity contribution < 1.29 is 14.3 Å². The Hall–Kier alpha value is -3.78. The Kier molecular flexibility index (Phi) is 6.46. The van der Waals surface area contributed by atoms with Crippen molar-refractivity contribution in [1.29, 1.82) is 0 Å². The SMILES string of the molecule is COc1ccc(OC)c(-n2c(SCc3ccc(N4CCCC4=O)cc3)nc3ccccc3c2=O)c1. The van der Waals surface area contributed by atoms with Gasteiger partial charge in [-0.3, -0.25) is 14.2 Å². The second-order valence-electron chi connectivity index (χ2n) is 8.19. The third-order valence-corrected chi connectivity index (χ3v) is 7.07. The van der Waals surface area contributed by atoms with E-state index in [4.69, 9.17) is 14.5 Å². The summed E-state index contributed by atoms with van der Waals surface area (Å²) in [5.41, 5.74) is 3.02. The van der Waals surface area contributed by atoms with Crippen molar-refractivity contribution in [2.24, 2.45) is 0 Å². The minimum Gasteiger partial charge on any atom is -0.497 e. The van der Waals surface area contributed by atoms with E-state index in [-0.39, 0.29) is 11.5 Å². The van der Waals surface area contributed by atoms with Gasteiger partial charge < -0.3 is 14.4 Å². The van der Waals surface area contributed by atoms with Gasteiger partial charge in [0.1, 0.15) is 11.5 Å². The number of methoxy groups -OCH3 is 2. The molecule has 0 atom stereocenters. The van der Waals surface area contributed by atoms with E-state index < -0.39 is 0 Å². The van der Waals surface area contributed by atoms with Crippen molar-refractivity contribution in [2.45, 2.75) is 23.8 Å². The lowest BCUT2D eigenvalue weighted by molar-refractivity contribution is -0.117. The zero-order chi connectivity index (χ0) is 24.4. The maximum absolute atomic E-state index is 13.6. The maximum atomic E-state index is 13.6. The van der Waals surface area contributed by atoms with Crippen LogP contribution in [0.25, 0.3) is 16.6 Å². The number of carbonyl (C=O) groups excluding carboxylic acids is 1. The summed E-state index contributed by atoms with van der Waals surface area (Å²) in [5.74, 6) is 1.93. The van der Waals surface area contributed by atoms with Gasteiger partial charge in [-0.25, -0.2) is 4.98 Å². The number of aromatic nitrogens is 2. The Morgan fingerprint density at radius 3 is 2.49 bits per heavy atom. The smallest absolute Gasteiger partial charge is 0.266 e. The molecule has 0 saturated carbocycles. The van der Waals surface area contributed by atoms with Crippen molar-refractivity contribution in [3.05, 3.63) is 82.6 Å². The lowest BCUT2D eigenvalue weighted by Gasteiger charge is -2.17. The molecule has 0 bridgehead atoms. The standard InChI is InChI=1S/C27H25N3O4S/c1-33-20-13-14-24(34-2)23(16-20)30-26(32)21-6-3-4-7-22(21)28-27(30)35-17-18-9-11-19(12-10-18)29-15-5-8-25(29)31/h3-4,6-7,9-14,16H,5,8,15,17H2,1-2H3. The van der Waals surface area contributed by atoms with Gasteiger partial charge in [0.15, 0.2) is 5.16 Å². The number of nitrogens with zero attached hydrogens (tertiary/aromatic N) is 3. The van der Waals surface area contributed by atoms with Crippen molar-refractivity contribution in [3.8, 4) is 17.2 Å². The molecule has 3 aromatic carbocycles. The molecule has 35 heavy (non-hydrogen) atoms. The Labute approximate surface area is 207 Å². The Balaban J connectivity index is 1.53. The van der Waals surface area contributed by atoms with Gasteiger partial charge in [0, 0.05) is 30.5 Å². The average Bonchev–Trinajstić information content (AvgIpc) is 3.33. The fourth-order valence-electron chi connectivity index (χ4n) is 4.23. The molecule has 0 unspecified atom stereocenters. The number of fused-ring (bicyclic) bond motifs is 1. The van der Waals surface area contributed by atoms with Crippen molar-refractivity contribution in [3.63, 3.8) is 0 Å². The second-order valence-corrected chi connectivity index (χ2v) is 9.14. The van der Waals surface area contributed by atoms with E-state index in [0.717, 1.165) is 24.2 Å². The molecule has 7 nitrogen and oxygen atoms in total. The van der Waals surface area contributed by atoms with Gasteiger partial charge in [0.05, 0.1) is 30.8 Å². The molecule has 2 heterocycles. The van der Waals surface area contributed by atoms with Gasteiger partial charge in [-0.1, -0.05) is 36.0 Å². The lowest BCUT2D eigenvalue weighted by atomic mass is 10.2. The molecule has 178 valence electrons. The van der Waals surface area contributed by atoms with Crippen LogP contribution in [0.5, 0.6) is 11.5 Å². The molecule has 1 fully saturated rings. The summed E-state index contributed by atoms with van der Waals surface area (Å²) in [6.07, 6.45) is 1.51. The highest BCUT2D eigenvalue weighted by Gasteiger charge is 2.22. The van der Waals surface area contributed by atoms with Crippen LogP contribution in [0.3, 0.4) is 0 Å². The molecule has 1 saturated heterocycles. The highest BCUT2D eigenvalue weighted by atomic mass is 32.2. The monoisotopic (exact) mass is 487 g/mol. The number of carbonyl (C=O) groups is 1. The number of benzene rings is 3. The first-order chi connectivity index (χ1) is 17.1. The number of amides is 1. The number of thioether (sulfide) groups is 1. The maximum Gasteiger partial charge on any atom is 0.266 e. The van der Waals surface area contributed by atoms with Crippen LogP contribution in [0, 0.1) is 0 Å². The third kappa shape index (κ3) is 4.49. The number of hydrogen-bond acceptors (Lipinski definition) is 6. The summed E-state index contributed by atoms with van der Waals surface area (Å²) >= 11 is 1.47. The molecule has 0 aliphatic carbocycles. The molecule has 0 radical (unpaired) electrons. The van der Waals surface area contributed by atoms with Gasteiger partial charge in [-0.05, 0) is 48.4 Å². The molecule has 1 amide bonds. The molecule has 1 aliphatic heterocycles. The summed E-state index contributed by atoms with van der Waals surface area (Å²) in [5, 5.41) is 1.08. The molecule has 0 spiro atoms. The third-order valence-electron chi connectivity index (χ3n) is 6.06. The average molecular weight is 488 g/mol. The Morgan fingerprint density at radius 1 is 0.971 bits per heavy atom. The van der Waals surface area contributed by atoms with Gasteiger partial charge in [-0.2, -0.15) is 0 Å². The van der Waals surface area contributed by atoms with E-state index >= 15 is 0 Å². The highest BCUT2D eigenvalue weighted by molar-refractivity contribution is 7.98. The summed E-state index contributed by atoms with van der Waals surface area (Å²) in [7, 11) is 3.16. The van der Waals surface area contributed by atoms with Crippen LogP contribution in [0.4, 0.5) is 5.69 Å². The first kappa shape index (κ1) is 23.0. The molecule has 5 rings (SSSR count). The van der Waals surface area contributed by atoms with Gasteiger partial charge in [0.25, 0.3) is 5.56 Å². The number of anilines is 1. The zero-order valence-electron chi connectivity index (χ0n) is 19.6. The molecular formula is C27H25N3O4S. The zero-order valence-corrected chi connectivity index (χ0v) is 20.4. The predicted molar refractivity (Wildman–Crippen MR) is 138 cm³/mol. The first-order valence-corrected chi connectivity index (χ1v) is 12.3. The number of para-hydroxylation sites is 1. The van der Waals surface area contributed by atoms with Crippen LogP contribution >= 0.6 is 11.8 Å². The number of rotatable bonds is 7. The van der Waals surface area contributed by atoms with Crippen LogP contribution in [-0.2, 0) is 10.5 Å². The van der Waals surface area contributed by atoms with E-state index in [0.29, 0.717) is 45.4 Å². The van der Waals surface area contributed by atoms with E-state index in [1.54, 1.807) is 43.1 Å². The summed E-state index contributed by atoms with van der Waals surface area (Å²) in [6.45, 7) is 0.766. The minimum atomic E-state index is -0.174. The van der Waals surface area contributed by atoms with Crippen LogP contribution in [0.15, 0.2) is 76.7 Å². The fourth-order valence-corrected chi connectivity index (χ4v) is 5.20. The largest absolute Gasteiger partial charge is 0.497 e. The normalized spacial score (nSPS) is 13.4. The number of ether oxygens (including phenoxy) is 2. The van der Waals surface area contributed by atoms with Gasteiger partial charge >= 0.3 is 0 Å². The predicted octanol–water partition coefficient (Wildman–Crippen LogP) is 4.82. The minimum absolute atomic E-state index is 0.170. The van der Waals surface area contributed by atoms with Crippen LogP contribution in [-0.4, -0.2) is 36.2 Å². The second kappa shape index (κ2) is 9.84. The van der Waals surface area contributed by atoms with Gasteiger partial charge in [-0.15, -0.1) is 0 Å². The summed E-state index contributed by atoms with van der Waals surface area (Å²) in [6, 6.07) is 20.7. The van der Waals surface area contributed by atoms with Crippen LogP contribution in [0.1, 0.15) is 18.4 Å². The lowest BCUT2D eigenvalue weighted by Crippen LogP contribution is -2.23. The van der Waals surface area contributed by atoms with Crippen LogP contribution in [0.2, 0.25) is 0 Å². The molecule has 8 heteroatoms. The highest BCUT2D eigenvalue weighted by Crippen LogP contribution is 2.32. The summed E-state index contributed by atoms with van der Waals surface area (Å²) in [4.78, 5) is 32.3. The Bertz CT molecular complexity index is 1450. The van der Waals surface area contributed by atoms with Gasteiger partial charge in [0.2, 0.25) is 5.91 Å². The summed E-state index contributed by atoms with van der Waals surface area (Å²) < 4.78 is 12.6. The van der Waals surface area contributed by atoms with E-state index in [1.807, 2.05) is 47.4 Å². The molecule has 1 aromatic heterocycles. The topological polar surface area (TPSA) is 73.7 Å². The molecule has 4 aromatic rings. The first-order valence-electron chi connectivity index (χ1n) is 11.4. The molecule has 1 aliphatic rings. The quantitative estimate of drug-likeness (QED) is 0.275. The number of hydrogen-bond donors (Lipinski definition) is 0. The van der Waals surface area contributed by atoms with Crippen molar-refractivity contribution >= 4 is 34.3 Å². The fraction of sp³-hybridized carbons (Fsp3) is 0.222.